The standard InChI is InChI=1S/C6H6O2S.Ag.NO3.Na/c7-9(8)6-4-2-1-3-5-6;;2-1(3)4;/h1-5H,(H,7,8);;;/q;+1;-1;+1/p-1. The molecular formula is C6H5AgNNaO5S. The molecule has 0 N–H and O–H groups in total. The van der Waals surface area contributed by atoms with Crippen LogP contribution in [0.15, 0.2) is 35.2 Å². The molecule has 1 aromatic rings. The van der Waals surface area contributed by atoms with Gasteiger partial charge in [0.25, 0.3) is 0 Å². The quantitative estimate of drug-likeness (QED) is 0.248. The van der Waals surface area contributed by atoms with Gasteiger partial charge in [-0.25, -0.2) is 0 Å². The number of hydrogen-bond acceptors (Lipinski definition) is 5. The average Bonchev–Trinajstić information content (AvgIpc) is 2.05. The predicted octanol–water partition coefficient (Wildman–Crippen LogP) is -2.31. The minimum Gasteiger partial charge on any atom is -0.768 e. The minimum atomic E-state index is -2.08. The van der Waals surface area contributed by atoms with Crippen molar-refractivity contribution in [1.29, 1.82) is 0 Å². The van der Waals surface area contributed by atoms with Crippen molar-refractivity contribution in [3.8, 4) is 0 Å². The second-order valence-electron chi connectivity index (χ2n) is 1.77. The molecule has 6 nitrogen and oxygen atoms in total. The van der Waals surface area contributed by atoms with Gasteiger partial charge in [-0.15, -0.1) is 0 Å². The summed E-state index contributed by atoms with van der Waals surface area (Å²) in [7, 11) is 0. The van der Waals surface area contributed by atoms with E-state index in [1.807, 2.05) is 0 Å². The summed E-state index contributed by atoms with van der Waals surface area (Å²) < 4.78 is 20.4. The van der Waals surface area contributed by atoms with Crippen LogP contribution in [0.2, 0.25) is 0 Å². The van der Waals surface area contributed by atoms with Crippen molar-refractivity contribution in [2.75, 3.05) is 0 Å². The number of benzene rings is 1. The SMILES string of the molecule is O=S([O-])c1ccccc1.O=[N+]([O-])[O-].[Ag+].[Na+]. The Bertz CT molecular complexity index is 295. The van der Waals surface area contributed by atoms with Crippen molar-refractivity contribution < 1.29 is 65.8 Å². The Hall–Kier alpha value is 0.270. The molecule has 9 heteroatoms. The van der Waals surface area contributed by atoms with Gasteiger partial charge in [-0.05, 0) is 23.2 Å². The first-order valence-corrected chi connectivity index (χ1v) is 4.07. The molecule has 0 heterocycles. The zero-order chi connectivity index (χ0) is 10.3. The Kier molecular flexibility index (Phi) is 17.0. The molecule has 0 amide bonds. The molecule has 0 saturated heterocycles. The molecule has 0 saturated carbocycles. The number of rotatable bonds is 1. The summed E-state index contributed by atoms with van der Waals surface area (Å²) in [6.45, 7) is 0. The Morgan fingerprint density at radius 2 is 1.47 bits per heavy atom. The van der Waals surface area contributed by atoms with E-state index in [9.17, 15) is 8.76 Å². The molecule has 1 rings (SSSR count). The van der Waals surface area contributed by atoms with Gasteiger partial charge in [0, 0.05) is 4.90 Å². The van der Waals surface area contributed by atoms with Gasteiger partial charge >= 0.3 is 51.9 Å². The topological polar surface area (TPSA) is 106 Å². The second-order valence-corrected chi connectivity index (χ2v) is 2.71. The van der Waals surface area contributed by atoms with Crippen molar-refractivity contribution in [1.82, 2.24) is 0 Å². The van der Waals surface area contributed by atoms with Crippen molar-refractivity contribution in [3.63, 3.8) is 0 Å². The van der Waals surface area contributed by atoms with E-state index in [0.717, 1.165) is 0 Å². The fourth-order valence-corrected chi connectivity index (χ4v) is 0.911. The third kappa shape index (κ3) is 14.3. The summed E-state index contributed by atoms with van der Waals surface area (Å²) in [6, 6.07) is 8.23. The Labute approximate surface area is 126 Å². The van der Waals surface area contributed by atoms with E-state index in [0.29, 0.717) is 4.90 Å². The summed E-state index contributed by atoms with van der Waals surface area (Å²) in [5.41, 5.74) is 0. The van der Waals surface area contributed by atoms with E-state index in [1.54, 1.807) is 30.3 Å². The Morgan fingerprint density at radius 1 is 1.13 bits per heavy atom. The maximum absolute atomic E-state index is 10.2. The van der Waals surface area contributed by atoms with Gasteiger partial charge in [0.15, 0.2) is 0 Å². The molecule has 0 aliphatic carbocycles. The zero-order valence-corrected chi connectivity index (χ0v) is 11.9. The number of nitrogens with zero attached hydrogens (tertiary/aromatic N) is 1. The molecule has 0 aromatic heterocycles. The summed E-state index contributed by atoms with van der Waals surface area (Å²) in [6.07, 6.45) is 0. The van der Waals surface area contributed by atoms with E-state index in [-0.39, 0.29) is 51.9 Å². The van der Waals surface area contributed by atoms with Gasteiger partial charge in [0.05, 0.1) is 5.09 Å². The molecule has 0 aliphatic rings. The van der Waals surface area contributed by atoms with Crippen molar-refractivity contribution >= 4 is 11.1 Å². The molecule has 82 valence electrons. The van der Waals surface area contributed by atoms with E-state index in [2.05, 4.69) is 0 Å². The molecule has 1 aromatic carbocycles. The Balaban J connectivity index is -0.000000213. The van der Waals surface area contributed by atoms with Crippen molar-refractivity contribution in [3.05, 3.63) is 45.7 Å². The predicted molar refractivity (Wildman–Crippen MR) is 44.0 cm³/mol. The van der Waals surface area contributed by atoms with Gasteiger partial charge in [0.1, 0.15) is 0 Å². The van der Waals surface area contributed by atoms with Crippen LogP contribution in [0.5, 0.6) is 0 Å². The second kappa shape index (κ2) is 12.3. The monoisotopic (exact) mass is 333 g/mol. The first kappa shape index (κ1) is 20.7. The normalized spacial score (nSPS) is 9.40. The van der Waals surface area contributed by atoms with Crippen LogP contribution < -0.4 is 29.6 Å². The van der Waals surface area contributed by atoms with Crippen LogP contribution in [-0.2, 0) is 33.5 Å². The van der Waals surface area contributed by atoms with Crippen LogP contribution in [0.1, 0.15) is 0 Å². The molecule has 0 bridgehead atoms. The van der Waals surface area contributed by atoms with E-state index in [1.165, 1.54) is 0 Å². The van der Waals surface area contributed by atoms with Crippen LogP contribution in [-0.4, -0.2) is 13.8 Å². The van der Waals surface area contributed by atoms with Crippen molar-refractivity contribution in [2.45, 2.75) is 4.90 Å². The van der Waals surface area contributed by atoms with E-state index in [4.69, 9.17) is 15.3 Å². The van der Waals surface area contributed by atoms with Gasteiger partial charge in [-0.2, -0.15) is 0 Å². The summed E-state index contributed by atoms with van der Waals surface area (Å²) in [5, 5.41) is 14.8. The van der Waals surface area contributed by atoms with Crippen LogP contribution >= 0.6 is 0 Å². The Morgan fingerprint density at radius 3 is 1.67 bits per heavy atom. The third-order valence-corrected chi connectivity index (χ3v) is 1.59. The minimum absolute atomic E-state index is 0. The van der Waals surface area contributed by atoms with E-state index < -0.39 is 16.2 Å². The largest absolute Gasteiger partial charge is 1.00 e. The maximum Gasteiger partial charge on any atom is 1.00 e. The first-order valence-electron chi connectivity index (χ1n) is 3.00. The smallest absolute Gasteiger partial charge is 0.768 e. The van der Waals surface area contributed by atoms with Gasteiger partial charge in [-0.1, -0.05) is 18.2 Å². The first-order chi connectivity index (χ1) is 6.04. The zero-order valence-electron chi connectivity index (χ0n) is 7.58. The average molecular weight is 334 g/mol. The van der Waals surface area contributed by atoms with E-state index >= 15 is 0 Å². The summed E-state index contributed by atoms with van der Waals surface area (Å²) >= 11 is -2.08. The maximum atomic E-state index is 10.2. The third-order valence-electron chi connectivity index (χ3n) is 0.936. The summed E-state index contributed by atoms with van der Waals surface area (Å²) in [4.78, 5) is 8.58. The fraction of sp³-hybridized carbons (Fsp3) is 0. The number of hydrogen-bond donors (Lipinski definition) is 0. The van der Waals surface area contributed by atoms with Crippen LogP contribution in [0, 0.1) is 15.3 Å². The van der Waals surface area contributed by atoms with Gasteiger partial charge in [0.2, 0.25) is 0 Å². The molecule has 0 spiro atoms. The van der Waals surface area contributed by atoms with Gasteiger partial charge in [-0.3, -0.25) is 4.21 Å². The fourth-order valence-electron chi connectivity index (χ4n) is 0.532. The van der Waals surface area contributed by atoms with Crippen LogP contribution in [0.4, 0.5) is 0 Å². The molecule has 0 fully saturated rings. The molecule has 1 atom stereocenters. The molecule has 0 aliphatic heterocycles. The molecule has 1 unspecified atom stereocenters. The van der Waals surface area contributed by atoms with Gasteiger partial charge < -0.3 is 19.9 Å². The van der Waals surface area contributed by atoms with Crippen LogP contribution in [0.25, 0.3) is 0 Å². The molecular weight excluding hydrogens is 329 g/mol. The molecule has 0 radical (unpaired) electrons. The van der Waals surface area contributed by atoms with Crippen molar-refractivity contribution in [2.24, 2.45) is 0 Å². The van der Waals surface area contributed by atoms with Crippen LogP contribution in [0.3, 0.4) is 0 Å². The summed E-state index contributed by atoms with van der Waals surface area (Å²) in [5.74, 6) is 0. The molecule has 15 heavy (non-hydrogen) atoms.